The first-order valence-corrected chi connectivity index (χ1v) is 8.49. The molecule has 0 aliphatic carbocycles. The second-order valence-corrected chi connectivity index (χ2v) is 5.85. The minimum Gasteiger partial charge on any atom is -0.480 e. The van der Waals surface area contributed by atoms with E-state index in [0.717, 1.165) is 17.7 Å². The number of amides is 1. The molecule has 1 aromatic heterocycles. The van der Waals surface area contributed by atoms with E-state index in [0.29, 0.717) is 0 Å². The molecule has 0 saturated carbocycles. The lowest BCUT2D eigenvalue weighted by atomic mass is 10.1. The zero-order valence-electron chi connectivity index (χ0n) is 15.5. The van der Waals surface area contributed by atoms with Gasteiger partial charge in [0.2, 0.25) is 0 Å². The van der Waals surface area contributed by atoms with E-state index in [9.17, 15) is 23.9 Å². The number of halogens is 1. The van der Waals surface area contributed by atoms with Gasteiger partial charge < -0.3 is 19.6 Å². The quantitative estimate of drug-likeness (QED) is 0.401. The number of carbonyl (C=O) groups is 2. The normalized spacial score (nSPS) is 12.7. The van der Waals surface area contributed by atoms with Gasteiger partial charge in [-0.2, -0.15) is 0 Å². The van der Waals surface area contributed by atoms with Gasteiger partial charge in [0.25, 0.3) is 5.91 Å². The second kappa shape index (κ2) is 10.0. The summed E-state index contributed by atoms with van der Waals surface area (Å²) in [6.07, 6.45) is 9.97. The Labute approximate surface area is 165 Å². The Morgan fingerprint density at radius 3 is 2.86 bits per heavy atom. The van der Waals surface area contributed by atoms with Crippen molar-refractivity contribution in [3.8, 4) is 12.3 Å². The summed E-state index contributed by atoms with van der Waals surface area (Å²) in [6, 6.07) is 3.68. The van der Waals surface area contributed by atoms with E-state index >= 15 is 0 Å². The highest BCUT2D eigenvalue weighted by Crippen LogP contribution is 2.16. The van der Waals surface area contributed by atoms with Crippen molar-refractivity contribution in [3.05, 3.63) is 69.9 Å². The van der Waals surface area contributed by atoms with Crippen molar-refractivity contribution < 1.29 is 28.2 Å². The molecule has 1 unspecified atom stereocenters. The van der Waals surface area contributed by atoms with Gasteiger partial charge in [-0.25, -0.2) is 14.0 Å². The lowest BCUT2D eigenvalue weighted by molar-refractivity contribution is -0.140. The van der Waals surface area contributed by atoms with Crippen molar-refractivity contribution in [2.24, 2.45) is 0 Å². The van der Waals surface area contributed by atoms with E-state index in [1.807, 2.05) is 0 Å². The van der Waals surface area contributed by atoms with Gasteiger partial charge in [-0.05, 0) is 36.8 Å². The Hall–Kier alpha value is -3.70. The molecule has 1 aromatic carbocycles. The third-order valence-electron chi connectivity index (χ3n) is 3.88. The lowest BCUT2D eigenvalue weighted by Crippen LogP contribution is -2.45. The highest BCUT2D eigenvalue weighted by Gasteiger charge is 2.23. The Balaban J connectivity index is 2.12. The summed E-state index contributed by atoms with van der Waals surface area (Å²) in [5.74, 6) is -0.746. The average molecular weight is 399 g/mol. The van der Waals surface area contributed by atoms with Crippen LogP contribution in [0.15, 0.2) is 57.3 Å². The van der Waals surface area contributed by atoms with Crippen LogP contribution in [0, 0.1) is 18.2 Å². The van der Waals surface area contributed by atoms with Crippen LogP contribution in [0.3, 0.4) is 0 Å². The molecule has 8 heteroatoms. The fourth-order valence-electron chi connectivity index (χ4n) is 2.36. The van der Waals surface area contributed by atoms with Crippen LogP contribution in [-0.4, -0.2) is 36.2 Å². The molecular formula is C21H18FNO6. The van der Waals surface area contributed by atoms with Crippen molar-refractivity contribution in [2.45, 2.75) is 13.0 Å². The summed E-state index contributed by atoms with van der Waals surface area (Å²) >= 11 is 0. The zero-order valence-corrected chi connectivity index (χ0v) is 15.5. The molecule has 0 aliphatic rings. The van der Waals surface area contributed by atoms with Crippen LogP contribution in [0.2, 0.25) is 0 Å². The van der Waals surface area contributed by atoms with Gasteiger partial charge in [-0.1, -0.05) is 24.1 Å². The first kappa shape index (κ1) is 21.6. The molecular weight excluding hydrogens is 381 g/mol. The number of benzene rings is 1. The number of para-hydroxylation sites is 1. The molecule has 1 amide bonds. The molecule has 29 heavy (non-hydrogen) atoms. The van der Waals surface area contributed by atoms with Crippen LogP contribution >= 0.6 is 0 Å². The number of allylic oxidation sites excluding steroid dienone is 2. The van der Waals surface area contributed by atoms with Crippen molar-refractivity contribution in [2.75, 3.05) is 13.2 Å². The van der Waals surface area contributed by atoms with Crippen LogP contribution in [0.1, 0.15) is 17.3 Å². The van der Waals surface area contributed by atoms with E-state index in [1.54, 1.807) is 19.1 Å². The van der Waals surface area contributed by atoms with Gasteiger partial charge in [-0.15, -0.1) is 6.42 Å². The third kappa shape index (κ3) is 5.64. The predicted octanol–water partition coefficient (Wildman–Crippen LogP) is 2.27. The molecule has 2 rings (SSSR count). The standard InChI is InChI=1S/C21H18FNO6/c1-3-5-7-13(4-2)11-28-12-17(20(25)26)23-19(24)15-10-14-8-6-9-16(22)18(14)29-21(15)27/h1,4-10,17H,11-12H2,2H3,(H,23,24)(H,25,26). The summed E-state index contributed by atoms with van der Waals surface area (Å²) in [7, 11) is 0. The molecule has 0 fully saturated rings. The van der Waals surface area contributed by atoms with Crippen molar-refractivity contribution in [1.29, 1.82) is 0 Å². The maximum absolute atomic E-state index is 13.7. The fourth-order valence-corrected chi connectivity index (χ4v) is 2.36. The molecule has 0 saturated heterocycles. The average Bonchev–Trinajstić information content (AvgIpc) is 2.69. The molecule has 150 valence electrons. The van der Waals surface area contributed by atoms with E-state index in [1.165, 1.54) is 18.2 Å². The first-order valence-electron chi connectivity index (χ1n) is 8.49. The molecule has 0 radical (unpaired) electrons. The van der Waals surface area contributed by atoms with Crippen LogP contribution in [-0.2, 0) is 9.53 Å². The minimum absolute atomic E-state index is 0.0751. The molecule has 1 atom stereocenters. The van der Waals surface area contributed by atoms with Crippen LogP contribution in [0.25, 0.3) is 11.0 Å². The monoisotopic (exact) mass is 399 g/mol. The number of hydrogen-bond donors (Lipinski definition) is 2. The van der Waals surface area contributed by atoms with Gasteiger partial charge in [0, 0.05) is 5.39 Å². The van der Waals surface area contributed by atoms with Crippen molar-refractivity contribution in [1.82, 2.24) is 5.32 Å². The first-order chi connectivity index (χ1) is 13.9. The van der Waals surface area contributed by atoms with E-state index in [-0.39, 0.29) is 24.2 Å². The molecule has 1 heterocycles. The Bertz CT molecular complexity index is 1080. The number of carboxylic acid groups (broad SMARTS) is 1. The van der Waals surface area contributed by atoms with E-state index < -0.39 is 34.9 Å². The minimum atomic E-state index is -1.42. The van der Waals surface area contributed by atoms with E-state index in [4.69, 9.17) is 15.6 Å². The second-order valence-electron chi connectivity index (χ2n) is 5.85. The number of fused-ring (bicyclic) bond motifs is 1. The SMILES string of the molecule is C#CC=CC(=CC)COCC(NC(=O)c1cc2cccc(F)c2oc1=O)C(=O)O. The highest BCUT2D eigenvalue weighted by molar-refractivity contribution is 5.98. The number of carbonyl (C=O) groups excluding carboxylic acids is 1. The fraction of sp³-hybridized carbons (Fsp3) is 0.190. The van der Waals surface area contributed by atoms with Gasteiger partial charge in [0.05, 0.1) is 13.2 Å². The van der Waals surface area contributed by atoms with Crippen molar-refractivity contribution in [3.63, 3.8) is 0 Å². The number of carboxylic acids is 1. The van der Waals surface area contributed by atoms with Crippen LogP contribution in [0.4, 0.5) is 4.39 Å². The number of rotatable bonds is 8. The highest BCUT2D eigenvalue weighted by atomic mass is 19.1. The topological polar surface area (TPSA) is 106 Å². The number of terminal acetylenes is 1. The zero-order chi connectivity index (χ0) is 21.4. The number of hydrogen-bond acceptors (Lipinski definition) is 5. The largest absolute Gasteiger partial charge is 0.480 e. The smallest absolute Gasteiger partial charge is 0.349 e. The summed E-state index contributed by atoms with van der Waals surface area (Å²) in [5.41, 5.74) is -1.09. The molecule has 0 aliphatic heterocycles. The third-order valence-corrected chi connectivity index (χ3v) is 3.88. The molecule has 2 N–H and O–H groups in total. The Morgan fingerprint density at radius 2 is 2.21 bits per heavy atom. The lowest BCUT2D eigenvalue weighted by Gasteiger charge is -2.15. The van der Waals surface area contributed by atoms with Crippen LogP contribution < -0.4 is 10.9 Å². The predicted molar refractivity (Wildman–Crippen MR) is 104 cm³/mol. The maximum atomic E-state index is 13.7. The summed E-state index contributed by atoms with van der Waals surface area (Å²) < 4.78 is 23.9. The van der Waals surface area contributed by atoms with E-state index in [2.05, 4.69) is 11.2 Å². The van der Waals surface area contributed by atoms with Gasteiger partial charge in [0.1, 0.15) is 5.56 Å². The molecule has 2 aromatic rings. The summed E-state index contributed by atoms with van der Waals surface area (Å²) in [4.78, 5) is 35.8. The van der Waals surface area contributed by atoms with Crippen molar-refractivity contribution >= 4 is 22.8 Å². The Kier molecular flexibility index (Phi) is 7.46. The summed E-state index contributed by atoms with van der Waals surface area (Å²) in [6.45, 7) is 1.49. The molecule has 7 nitrogen and oxygen atoms in total. The molecule has 0 bridgehead atoms. The van der Waals surface area contributed by atoms with Gasteiger partial charge in [-0.3, -0.25) is 4.79 Å². The van der Waals surface area contributed by atoms with Gasteiger partial charge in [0.15, 0.2) is 17.4 Å². The Morgan fingerprint density at radius 1 is 1.45 bits per heavy atom. The molecule has 0 spiro atoms. The number of nitrogens with one attached hydrogen (secondary N) is 1. The van der Waals surface area contributed by atoms with Crippen LogP contribution in [0.5, 0.6) is 0 Å². The maximum Gasteiger partial charge on any atom is 0.349 e. The summed E-state index contributed by atoms with van der Waals surface area (Å²) in [5, 5.41) is 11.7. The van der Waals surface area contributed by atoms with Gasteiger partial charge >= 0.3 is 11.6 Å². The number of ether oxygens (including phenoxy) is 1. The number of aliphatic carboxylic acids is 1.